The lowest BCUT2D eigenvalue weighted by Crippen LogP contribution is -2.14. The summed E-state index contributed by atoms with van der Waals surface area (Å²) >= 11 is 1.57. The molecule has 4 nitrogen and oxygen atoms in total. The topological polar surface area (TPSA) is 55.4 Å². The van der Waals surface area contributed by atoms with Crippen molar-refractivity contribution in [3.63, 3.8) is 0 Å². The summed E-state index contributed by atoms with van der Waals surface area (Å²) in [6.07, 6.45) is 15.6. The molecule has 0 bridgehead atoms. The van der Waals surface area contributed by atoms with Crippen LogP contribution in [0.4, 0.5) is 5.00 Å². The molecule has 2 rings (SSSR count). The number of ether oxygens (including phenoxy) is 1. The van der Waals surface area contributed by atoms with Gasteiger partial charge in [0.2, 0.25) is 5.91 Å². The molecule has 0 saturated carbocycles. The van der Waals surface area contributed by atoms with Gasteiger partial charge in [-0.1, -0.05) is 58.3 Å². The van der Waals surface area contributed by atoms with Gasteiger partial charge in [-0.2, -0.15) is 0 Å². The van der Waals surface area contributed by atoms with Crippen molar-refractivity contribution in [2.75, 3.05) is 12.4 Å². The van der Waals surface area contributed by atoms with Crippen molar-refractivity contribution in [3.8, 4) is 0 Å². The van der Waals surface area contributed by atoms with E-state index in [-0.39, 0.29) is 11.9 Å². The van der Waals surface area contributed by atoms with Gasteiger partial charge in [0.25, 0.3) is 0 Å². The third-order valence-corrected chi connectivity index (χ3v) is 6.53. The van der Waals surface area contributed by atoms with Crippen LogP contribution in [0.1, 0.15) is 105 Å². The quantitative estimate of drug-likeness (QED) is 0.274. The van der Waals surface area contributed by atoms with Gasteiger partial charge in [0, 0.05) is 11.3 Å². The number of carbonyl (C=O) groups excluding carboxylic acids is 2. The summed E-state index contributed by atoms with van der Waals surface area (Å²) in [6.45, 7) is 2.23. The van der Waals surface area contributed by atoms with Gasteiger partial charge in [-0.3, -0.25) is 4.79 Å². The zero-order chi connectivity index (χ0) is 19.5. The molecular weight excluding hydrogens is 358 g/mol. The van der Waals surface area contributed by atoms with Crippen molar-refractivity contribution in [1.29, 1.82) is 0 Å². The van der Waals surface area contributed by atoms with Crippen molar-refractivity contribution in [1.82, 2.24) is 0 Å². The second-order valence-electron chi connectivity index (χ2n) is 7.53. The Bertz CT molecular complexity index is 609. The minimum atomic E-state index is -0.322. The third kappa shape index (κ3) is 6.95. The number of hydrogen-bond donors (Lipinski definition) is 1. The standard InChI is InChI=1S/C22H35NO3S/c1-3-4-5-6-7-8-9-13-16-19(24)23-21-20(22(25)26-2)17-14-11-10-12-15-18(17)27-21/h3-16H2,1-2H3,(H,23,24). The molecule has 1 aliphatic rings. The number of anilines is 1. The van der Waals surface area contributed by atoms with E-state index in [0.29, 0.717) is 17.0 Å². The zero-order valence-corrected chi connectivity index (χ0v) is 17.8. The number of amides is 1. The van der Waals surface area contributed by atoms with Crippen LogP contribution < -0.4 is 5.32 Å². The van der Waals surface area contributed by atoms with E-state index >= 15 is 0 Å². The minimum Gasteiger partial charge on any atom is -0.465 e. The van der Waals surface area contributed by atoms with Crippen molar-refractivity contribution in [2.45, 2.75) is 96.8 Å². The van der Waals surface area contributed by atoms with E-state index in [9.17, 15) is 9.59 Å². The SMILES string of the molecule is CCCCCCCCCCC(=O)Nc1sc2c(c1C(=O)OC)CCCCC2. The van der Waals surface area contributed by atoms with Crippen LogP contribution in [-0.4, -0.2) is 19.0 Å². The van der Waals surface area contributed by atoms with Gasteiger partial charge in [0.15, 0.2) is 0 Å². The predicted molar refractivity (Wildman–Crippen MR) is 113 cm³/mol. The minimum absolute atomic E-state index is 0.0162. The molecule has 1 heterocycles. The first-order valence-corrected chi connectivity index (χ1v) is 11.5. The van der Waals surface area contributed by atoms with Gasteiger partial charge in [-0.15, -0.1) is 11.3 Å². The second-order valence-corrected chi connectivity index (χ2v) is 8.64. The fourth-order valence-electron chi connectivity index (χ4n) is 3.76. The van der Waals surface area contributed by atoms with E-state index < -0.39 is 0 Å². The smallest absolute Gasteiger partial charge is 0.341 e. The van der Waals surface area contributed by atoms with E-state index in [1.165, 1.54) is 56.9 Å². The molecular formula is C22H35NO3S. The van der Waals surface area contributed by atoms with E-state index in [4.69, 9.17) is 4.74 Å². The van der Waals surface area contributed by atoms with Gasteiger partial charge in [-0.25, -0.2) is 4.79 Å². The maximum absolute atomic E-state index is 12.4. The first-order chi connectivity index (χ1) is 13.2. The maximum atomic E-state index is 12.4. The van der Waals surface area contributed by atoms with Crippen molar-refractivity contribution >= 4 is 28.2 Å². The second kappa shape index (κ2) is 12.2. The Morgan fingerprint density at radius 3 is 2.33 bits per heavy atom. The van der Waals surface area contributed by atoms with Crippen LogP contribution in [0, 0.1) is 0 Å². The monoisotopic (exact) mass is 393 g/mol. The molecule has 0 fully saturated rings. The molecule has 0 radical (unpaired) electrons. The van der Waals surface area contributed by atoms with Crippen molar-refractivity contribution < 1.29 is 14.3 Å². The van der Waals surface area contributed by atoms with Crippen LogP contribution in [-0.2, 0) is 22.4 Å². The molecule has 0 unspecified atom stereocenters. The molecule has 0 spiro atoms. The number of aryl methyl sites for hydroxylation is 1. The van der Waals surface area contributed by atoms with Gasteiger partial charge in [0.1, 0.15) is 5.00 Å². The Morgan fingerprint density at radius 1 is 0.963 bits per heavy atom. The Labute approximate surface area is 168 Å². The molecule has 0 atom stereocenters. The summed E-state index contributed by atoms with van der Waals surface area (Å²) in [4.78, 5) is 25.9. The van der Waals surface area contributed by atoms with E-state index in [1.54, 1.807) is 11.3 Å². The summed E-state index contributed by atoms with van der Waals surface area (Å²) in [5.74, 6) is -0.306. The summed E-state index contributed by atoms with van der Waals surface area (Å²) in [7, 11) is 1.41. The first kappa shape index (κ1) is 21.9. The number of fused-ring (bicyclic) bond motifs is 1. The molecule has 0 aromatic carbocycles. The largest absolute Gasteiger partial charge is 0.465 e. The van der Waals surface area contributed by atoms with Crippen LogP contribution >= 0.6 is 11.3 Å². The van der Waals surface area contributed by atoms with E-state index in [0.717, 1.165) is 44.1 Å². The number of methoxy groups -OCH3 is 1. The van der Waals surface area contributed by atoms with E-state index in [1.807, 2.05) is 0 Å². The molecule has 1 aromatic heterocycles. The number of unbranched alkanes of at least 4 members (excludes halogenated alkanes) is 7. The molecule has 1 aliphatic carbocycles. The fourth-order valence-corrected chi connectivity index (χ4v) is 5.05. The number of rotatable bonds is 11. The highest BCUT2D eigenvalue weighted by molar-refractivity contribution is 7.17. The van der Waals surface area contributed by atoms with Crippen LogP contribution in [0.15, 0.2) is 0 Å². The summed E-state index contributed by atoms with van der Waals surface area (Å²) in [6, 6.07) is 0. The van der Waals surface area contributed by atoms with Gasteiger partial charge in [-0.05, 0) is 37.7 Å². The average Bonchev–Trinajstić information content (AvgIpc) is 2.84. The number of esters is 1. The zero-order valence-electron chi connectivity index (χ0n) is 17.0. The maximum Gasteiger partial charge on any atom is 0.341 e. The molecule has 0 saturated heterocycles. The number of hydrogen-bond acceptors (Lipinski definition) is 4. The lowest BCUT2D eigenvalue weighted by molar-refractivity contribution is -0.116. The van der Waals surface area contributed by atoms with Gasteiger partial charge >= 0.3 is 5.97 Å². The van der Waals surface area contributed by atoms with Crippen molar-refractivity contribution in [3.05, 3.63) is 16.0 Å². The first-order valence-electron chi connectivity index (χ1n) is 10.7. The fraction of sp³-hybridized carbons (Fsp3) is 0.727. The van der Waals surface area contributed by atoms with E-state index in [2.05, 4.69) is 12.2 Å². The highest BCUT2D eigenvalue weighted by Gasteiger charge is 2.26. The third-order valence-electron chi connectivity index (χ3n) is 5.32. The van der Waals surface area contributed by atoms with Crippen LogP contribution in [0.25, 0.3) is 0 Å². The molecule has 1 amide bonds. The molecule has 0 aliphatic heterocycles. The molecule has 5 heteroatoms. The Morgan fingerprint density at radius 2 is 1.63 bits per heavy atom. The van der Waals surface area contributed by atoms with Crippen LogP contribution in [0.5, 0.6) is 0 Å². The number of carbonyl (C=O) groups is 2. The van der Waals surface area contributed by atoms with Gasteiger partial charge in [0.05, 0.1) is 12.7 Å². The summed E-state index contributed by atoms with van der Waals surface area (Å²) in [5, 5.41) is 3.69. The molecule has 1 aromatic rings. The summed E-state index contributed by atoms with van der Waals surface area (Å²) < 4.78 is 4.99. The number of thiophene rings is 1. The highest BCUT2D eigenvalue weighted by Crippen LogP contribution is 2.38. The Hall–Kier alpha value is -1.36. The highest BCUT2D eigenvalue weighted by atomic mass is 32.1. The molecule has 152 valence electrons. The number of nitrogens with one attached hydrogen (secondary N) is 1. The lowest BCUT2D eigenvalue weighted by Gasteiger charge is -2.07. The normalized spacial score (nSPS) is 13.7. The Kier molecular flexibility index (Phi) is 9.89. The molecule has 27 heavy (non-hydrogen) atoms. The summed E-state index contributed by atoms with van der Waals surface area (Å²) in [5.41, 5.74) is 1.70. The van der Waals surface area contributed by atoms with Crippen molar-refractivity contribution in [2.24, 2.45) is 0 Å². The van der Waals surface area contributed by atoms with Gasteiger partial charge < -0.3 is 10.1 Å². The lowest BCUT2D eigenvalue weighted by atomic mass is 10.1. The molecule has 1 N–H and O–H groups in total. The van der Waals surface area contributed by atoms with Crippen LogP contribution in [0.2, 0.25) is 0 Å². The predicted octanol–water partition coefficient (Wildman–Crippen LogP) is 6.27. The Balaban J connectivity index is 1.83. The average molecular weight is 394 g/mol. The van der Waals surface area contributed by atoms with Crippen LogP contribution in [0.3, 0.4) is 0 Å².